The number of fused-ring (bicyclic) bond motifs is 4. The van der Waals surface area contributed by atoms with Crippen molar-refractivity contribution in [1.82, 2.24) is 9.97 Å². The zero-order valence-electron chi connectivity index (χ0n) is 19.5. The van der Waals surface area contributed by atoms with E-state index in [1.807, 2.05) is 61.5 Å². The van der Waals surface area contributed by atoms with Crippen molar-refractivity contribution in [3.05, 3.63) is 79.1 Å². The van der Waals surface area contributed by atoms with E-state index < -0.39 is 5.25 Å². The van der Waals surface area contributed by atoms with Crippen molar-refractivity contribution >= 4 is 66.8 Å². The van der Waals surface area contributed by atoms with Crippen molar-refractivity contribution in [2.45, 2.75) is 17.2 Å². The number of para-hydroxylation sites is 1. The summed E-state index contributed by atoms with van der Waals surface area (Å²) in [5.74, 6) is 0.424. The molecule has 6 rings (SSSR count). The molecule has 178 valence electrons. The summed E-state index contributed by atoms with van der Waals surface area (Å²) in [6.07, 6.45) is 1.55. The number of thioether (sulfide) groups is 1. The summed E-state index contributed by atoms with van der Waals surface area (Å²) in [6, 6.07) is 23.8. The molecule has 3 aromatic carbocycles. The molecular formula is C28H21N3O3S2. The van der Waals surface area contributed by atoms with E-state index in [9.17, 15) is 4.79 Å². The number of amides is 1. The maximum absolute atomic E-state index is 13.2. The van der Waals surface area contributed by atoms with Gasteiger partial charge in [0.25, 0.3) is 0 Å². The van der Waals surface area contributed by atoms with Gasteiger partial charge in [0.2, 0.25) is 5.91 Å². The maximum Gasteiger partial charge on any atom is 0.237 e. The molecule has 0 saturated heterocycles. The molecule has 1 N–H and O–H groups in total. The summed E-state index contributed by atoms with van der Waals surface area (Å²) in [5.41, 5.74) is 3.18. The van der Waals surface area contributed by atoms with Gasteiger partial charge in [-0.2, -0.15) is 0 Å². The Balaban J connectivity index is 1.26. The second-order valence-electron chi connectivity index (χ2n) is 8.27. The van der Waals surface area contributed by atoms with Crippen LogP contribution in [-0.2, 0) is 4.79 Å². The van der Waals surface area contributed by atoms with E-state index in [1.165, 1.54) is 11.8 Å². The third-order valence-corrected chi connectivity index (χ3v) is 8.17. The van der Waals surface area contributed by atoms with Crippen LogP contribution in [0.15, 0.2) is 88.6 Å². The number of ether oxygens (including phenoxy) is 1. The summed E-state index contributed by atoms with van der Waals surface area (Å²) in [4.78, 5) is 24.1. The number of hydrogen-bond acceptors (Lipinski definition) is 7. The minimum Gasteiger partial charge on any atom is -0.495 e. The fourth-order valence-electron chi connectivity index (χ4n) is 4.15. The molecule has 0 radical (unpaired) electrons. The average Bonchev–Trinajstić information content (AvgIpc) is 3.50. The molecule has 3 aromatic heterocycles. The summed E-state index contributed by atoms with van der Waals surface area (Å²) >= 11 is 3.03. The lowest BCUT2D eigenvalue weighted by molar-refractivity contribution is -0.115. The second-order valence-corrected chi connectivity index (χ2v) is 10.6. The molecule has 0 aliphatic carbocycles. The van der Waals surface area contributed by atoms with Crippen molar-refractivity contribution in [2.75, 3.05) is 12.4 Å². The fraction of sp³-hybridized carbons (Fsp3) is 0.107. The number of aromatic nitrogens is 2. The molecule has 3 heterocycles. The van der Waals surface area contributed by atoms with Gasteiger partial charge in [-0.3, -0.25) is 4.79 Å². The normalized spacial score (nSPS) is 12.3. The topological polar surface area (TPSA) is 77.2 Å². The van der Waals surface area contributed by atoms with Gasteiger partial charge >= 0.3 is 0 Å². The Labute approximate surface area is 215 Å². The maximum atomic E-state index is 13.2. The highest BCUT2D eigenvalue weighted by Crippen LogP contribution is 2.39. The monoisotopic (exact) mass is 511 g/mol. The van der Waals surface area contributed by atoms with Crippen molar-refractivity contribution in [3.8, 4) is 16.2 Å². The summed E-state index contributed by atoms with van der Waals surface area (Å²) < 4.78 is 11.6. The molecule has 0 fully saturated rings. The summed E-state index contributed by atoms with van der Waals surface area (Å²) in [5, 5.41) is 6.29. The minimum atomic E-state index is -0.403. The largest absolute Gasteiger partial charge is 0.495 e. The van der Waals surface area contributed by atoms with Crippen molar-refractivity contribution in [1.29, 1.82) is 0 Å². The Morgan fingerprint density at radius 1 is 0.972 bits per heavy atom. The van der Waals surface area contributed by atoms with Crippen LogP contribution in [0.1, 0.15) is 6.92 Å². The fourth-order valence-corrected chi connectivity index (χ4v) is 6.11. The first-order valence-corrected chi connectivity index (χ1v) is 13.1. The second kappa shape index (κ2) is 9.29. The lowest BCUT2D eigenvalue weighted by Crippen LogP contribution is -2.22. The van der Waals surface area contributed by atoms with Gasteiger partial charge in [-0.15, -0.1) is 11.3 Å². The van der Waals surface area contributed by atoms with Crippen molar-refractivity contribution in [3.63, 3.8) is 0 Å². The van der Waals surface area contributed by atoms with Crippen LogP contribution in [0.4, 0.5) is 5.69 Å². The molecule has 0 aliphatic heterocycles. The van der Waals surface area contributed by atoms with Crippen LogP contribution in [0.25, 0.3) is 42.6 Å². The predicted molar refractivity (Wildman–Crippen MR) is 147 cm³/mol. The third kappa shape index (κ3) is 4.08. The SMILES string of the molecule is COc1cc2c(cc1NC(=O)C(C)Sc1ncnc3sc(-c4ccccc4)cc13)oc1ccccc12. The molecule has 36 heavy (non-hydrogen) atoms. The molecule has 6 nitrogen and oxygen atoms in total. The highest BCUT2D eigenvalue weighted by Gasteiger charge is 2.21. The van der Waals surface area contributed by atoms with E-state index in [0.717, 1.165) is 42.0 Å². The number of nitrogens with one attached hydrogen (secondary N) is 1. The smallest absolute Gasteiger partial charge is 0.237 e. The number of carbonyl (C=O) groups excluding carboxylic acids is 1. The molecule has 6 aromatic rings. The Kier molecular flexibility index (Phi) is 5.83. The molecule has 1 atom stereocenters. The highest BCUT2D eigenvalue weighted by atomic mass is 32.2. The number of hydrogen-bond donors (Lipinski definition) is 1. The Morgan fingerprint density at radius 3 is 2.61 bits per heavy atom. The van der Waals surface area contributed by atoms with Crippen molar-refractivity contribution in [2.24, 2.45) is 0 Å². The van der Waals surface area contributed by atoms with Gasteiger partial charge < -0.3 is 14.5 Å². The van der Waals surface area contributed by atoms with Crippen molar-refractivity contribution < 1.29 is 13.9 Å². The van der Waals surface area contributed by atoms with Gasteiger partial charge in [-0.1, -0.05) is 60.3 Å². The van der Waals surface area contributed by atoms with Gasteiger partial charge in [-0.05, 0) is 30.7 Å². The van der Waals surface area contributed by atoms with E-state index in [0.29, 0.717) is 17.0 Å². The van der Waals surface area contributed by atoms with E-state index >= 15 is 0 Å². The number of rotatable bonds is 6. The first-order valence-electron chi connectivity index (χ1n) is 11.4. The van der Waals surface area contributed by atoms with Crippen LogP contribution in [0.3, 0.4) is 0 Å². The van der Waals surface area contributed by atoms with E-state index in [1.54, 1.807) is 24.8 Å². The van der Waals surface area contributed by atoms with Crippen LogP contribution in [0.2, 0.25) is 0 Å². The zero-order chi connectivity index (χ0) is 24.6. The predicted octanol–water partition coefficient (Wildman–Crippen LogP) is 7.39. The Bertz CT molecular complexity index is 1730. The van der Waals surface area contributed by atoms with Gasteiger partial charge in [0.15, 0.2) is 0 Å². The van der Waals surface area contributed by atoms with Crippen LogP contribution in [0, 0.1) is 0 Å². The first-order chi connectivity index (χ1) is 17.6. The molecule has 1 unspecified atom stereocenters. The van der Waals surface area contributed by atoms with Crippen LogP contribution < -0.4 is 10.1 Å². The van der Waals surface area contributed by atoms with Gasteiger partial charge in [-0.25, -0.2) is 9.97 Å². The van der Waals surface area contributed by atoms with E-state index in [-0.39, 0.29) is 5.91 Å². The standard InChI is InChI=1S/C28H21N3O3S2/c1-16(35-27-20-13-25(17-8-4-3-5-9-17)36-28(20)30-15-29-27)26(32)31-21-14-23-19(12-24(21)33-2)18-10-6-7-11-22(18)34-23/h3-16H,1-2H3,(H,31,32). The van der Waals surface area contributed by atoms with E-state index in [4.69, 9.17) is 9.15 Å². The van der Waals surface area contributed by atoms with Gasteiger partial charge in [0.05, 0.1) is 18.0 Å². The quantitative estimate of drug-likeness (QED) is 0.186. The molecule has 0 spiro atoms. The number of methoxy groups -OCH3 is 1. The highest BCUT2D eigenvalue weighted by molar-refractivity contribution is 8.00. The minimum absolute atomic E-state index is 0.154. The molecular weight excluding hydrogens is 490 g/mol. The number of thiophene rings is 1. The van der Waals surface area contributed by atoms with Crippen LogP contribution >= 0.6 is 23.1 Å². The lowest BCUT2D eigenvalue weighted by Gasteiger charge is -2.14. The number of nitrogens with zero attached hydrogens (tertiary/aromatic N) is 2. The summed E-state index contributed by atoms with van der Waals surface area (Å²) in [7, 11) is 1.59. The number of anilines is 1. The Hall–Kier alpha value is -3.88. The lowest BCUT2D eigenvalue weighted by atomic mass is 10.1. The van der Waals surface area contributed by atoms with Crippen LogP contribution in [0.5, 0.6) is 5.75 Å². The summed E-state index contributed by atoms with van der Waals surface area (Å²) in [6.45, 7) is 1.87. The third-order valence-electron chi connectivity index (χ3n) is 5.97. The molecule has 0 aliphatic rings. The zero-order valence-corrected chi connectivity index (χ0v) is 21.2. The number of carbonyl (C=O) groups is 1. The Morgan fingerprint density at radius 2 is 1.78 bits per heavy atom. The average molecular weight is 512 g/mol. The number of furan rings is 1. The first kappa shape index (κ1) is 22.6. The number of benzene rings is 3. The molecule has 1 amide bonds. The molecule has 8 heteroatoms. The molecule has 0 saturated carbocycles. The van der Waals surface area contributed by atoms with Crippen LogP contribution in [-0.4, -0.2) is 28.2 Å². The molecule has 0 bridgehead atoms. The van der Waals surface area contributed by atoms with Gasteiger partial charge in [0.1, 0.15) is 33.1 Å². The van der Waals surface area contributed by atoms with E-state index in [2.05, 4.69) is 33.5 Å². The van der Waals surface area contributed by atoms with Gasteiger partial charge in [0, 0.05) is 27.1 Å².